The molecule has 2 rings (SSSR count). The van der Waals surface area contributed by atoms with Crippen molar-refractivity contribution in [1.82, 2.24) is 4.90 Å². The van der Waals surface area contributed by atoms with Crippen molar-refractivity contribution < 1.29 is 13.9 Å². The van der Waals surface area contributed by atoms with Crippen molar-refractivity contribution in [2.75, 3.05) is 13.7 Å². The molecule has 116 valence electrons. The van der Waals surface area contributed by atoms with Gasteiger partial charge >= 0.3 is 0 Å². The predicted molar refractivity (Wildman–Crippen MR) is 84.3 cm³/mol. The van der Waals surface area contributed by atoms with Crippen molar-refractivity contribution in [3.05, 3.63) is 65.0 Å². The number of amides is 1. The fraction of sp³-hybridized carbons (Fsp3) is 0.278. The lowest BCUT2D eigenvalue weighted by molar-refractivity contribution is -0.132. The number of carbonyl (C=O) groups excluding carboxylic acids is 1. The molecular weight excluding hydrogens is 281 g/mol. The highest BCUT2D eigenvalue weighted by molar-refractivity contribution is 5.77. The van der Waals surface area contributed by atoms with E-state index in [2.05, 4.69) is 0 Å². The second kappa shape index (κ2) is 7.07. The van der Waals surface area contributed by atoms with Gasteiger partial charge in [0.1, 0.15) is 11.6 Å². The van der Waals surface area contributed by atoms with Gasteiger partial charge in [0, 0.05) is 13.6 Å². The van der Waals surface area contributed by atoms with Gasteiger partial charge < -0.3 is 9.64 Å². The van der Waals surface area contributed by atoms with Crippen LogP contribution >= 0.6 is 0 Å². The number of nitrogens with zero attached hydrogens (tertiary/aromatic N) is 1. The van der Waals surface area contributed by atoms with E-state index in [1.54, 1.807) is 19.2 Å². The largest absolute Gasteiger partial charge is 0.484 e. The number of likely N-dealkylation sites (N-methyl/N-ethyl adjacent to an activating group) is 1. The first-order chi connectivity index (χ1) is 10.5. The van der Waals surface area contributed by atoms with E-state index in [0.717, 1.165) is 11.1 Å². The minimum absolute atomic E-state index is 0.0334. The van der Waals surface area contributed by atoms with Crippen LogP contribution in [0.15, 0.2) is 42.5 Å². The standard InChI is InChI=1S/C18H20FNO2/c1-13-7-8-17(9-14(13)2)22-12-18(21)20(3)11-15-5-4-6-16(19)10-15/h4-10H,11-12H2,1-3H3. The van der Waals surface area contributed by atoms with Crippen LogP contribution in [-0.4, -0.2) is 24.5 Å². The van der Waals surface area contributed by atoms with Gasteiger partial charge in [0.15, 0.2) is 6.61 Å². The van der Waals surface area contributed by atoms with E-state index in [9.17, 15) is 9.18 Å². The second-order valence-corrected chi connectivity index (χ2v) is 5.41. The predicted octanol–water partition coefficient (Wildman–Crippen LogP) is 3.48. The summed E-state index contributed by atoms with van der Waals surface area (Å²) in [5, 5.41) is 0. The molecule has 0 saturated heterocycles. The zero-order valence-corrected chi connectivity index (χ0v) is 13.1. The van der Waals surface area contributed by atoms with E-state index in [0.29, 0.717) is 12.3 Å². The average Bonchev–Trinajstić information content (AvgIpc) is 2.48. The first-order valence-corrected chi connectivity index (χ1v) is 7.14. The number of halogens is 1. The normalized spacial score (nSPS) is 10.4. The summed E-state index contributed by atoms with van der Waals surface area (Å²) in [6.45, 7) is 4.35. The fourth-order valence-corrected chi connectivity index (χ4v) is 2.06. The smallest absolute Gasteiger partial charge is 0.260 e. The van der Waals surface area contributed by atoms with Gasteiger partial charge in [-0.2, -0.15) is 0 Å². The lowest BCUT2D eigenvalue weighted by atomic mass is 10.1. The molecule has 0 aliphatic heterocycles. The van der Waals surface area contributed by atoms with Gasteiger partial charge in [0.05, 0.1) is 0 Å². The molecule has 0 radical (unpaired) electrons. The molecule has 0 aliphatic carbocycles. The molecule has 0 aromatic heterocycles. The van der Waals surface area contributed by atoms with E-state index in [-0.39, 0.29) is 18.3 Å². The van der Waals surface area contributed by atoms with Crippen LogP contribution in [0, 0.1) is 19.7 Å². The van der Waals surface area contributed by atoms with Gasteiger partial charge in [-0.25, -0.2) is 4.39 Å². The first-order valence-electron chi connectivity index (χ1n) is 7.14. The summed E-state index contributed by atoms with van der Waals surface area (Å²) in [7, 11) is 1.68. The molecular formula is C18H20FNO2. The Kier molecular flexibility index (Phi) is 5.15. The third-order valence-electron chi connectivity index (χ3n) is 3.58. The molecule has 0 spiro atoms. The van der Waals surface area contributed by atoms with Crippen molar-refractivity contribution in [1.29, 1.82) is 0 Å². The highest BCUT2D eigenvalue weighted by Crippen LogP contribution is 2.16. The van der Waals surface area contributed by atoms with Crippen molar-refractivity contribution in [2.24, 2.45) is 0 Å². The number of ether oxygens (including phenoxy) is 1. The van der Waals surface area contributed by atoms with Crippen LogP contribution in [-0.2, 0) is 11.3 Å². The molecule has 0 unspecified atom stereocenters. The van der Waals surface area contributed by atoms with Crippen LogP contribution in [0.5, 0.6) is 5.75 Å². The molecule has 1 amide bonds. The molecule has 22 heavy (non-hydrogen) atoms. The minimum Gasteiger partial charge on any atom is -0.484 e. The topological polar surface area (TPSA) is 29.5 Å². The third-order valence-corrected chi connectivity index (χ3v) is 3.58. The Morgan fingerprint density at radius 2 is 1.91 bits per heavy atom. The molecule has 0 bridgehead atoms. The van der Waals surface area contributed by atoms with Gasteiger partial charge in [0.25, 0.3) is 5.91 Å². The van der Waals surface area contributed by atoms with Gasteiger partial charge in [-0.15, -0.1) is 0 Å². The lowest BCUT2D eigenvalue weighted by Crippen LogP contribution is -2.31. The third kappa shape index (κ3) is 4.32. The molecule has 4 heteroatoms. The summed E-state index contributed by atoms with van der Waals surface area (Å²) in [4.78, 5) is 13.6. The van der Waals surface area contributed by atoms with Gasteiger partial charge in [-0.1, -0.05) is 18.2 Å². The van der Waals surface area contributed by atoms with E-state index in [4.69, 9.17) is 4.74 Å². The summed E-state index contributed by atoms with van der Waals surface area (Å²) < 4.78 is 18.7. The summed E-state index contributed by atoms with van der Waals surface area (Å²) >= 11 is 0. The van der Waals surface area contributed by atoms with Crippen LogP contribution in [0.3, 0.4) is 0 Å². The lowest BCUT2D eigenvalue weighted by Gasteiger charge is -2.18. The number of hydrogen-bond donors (Lipinski definition) is 0. The van der Waals surface area contributed by atoms with E-state index in [1.807, 2.05) is 32.0 Å². The summed E-state index contributed by atoms with van der Waals surface area (Å²) in [5.41, 5.74) is 3.06. The molecule has 0 fully saturated rings. The molecule has 2 aromatic carbocycles. The van der Waals surface area contributed by atoms with Crippen molar-refractivity contribution in [3.63, 3.8) is 0 Å². The second-order valence-electron chi connectivity index (χ2n) is 5.41. The molecule has 0 atom stereocenters. The molecule has 0 saturated carbocycles. The molecule has 0 N–H and O–H groups in total. The summed E-state index contributed by atoms with van der Waals surface area (Å²) in [6, 6.07) is 12.0. The monoisotopic (exact) mass is 301 g/mol. The van der Waals surface area contributed by atoms with E-state index < -0.39 is 0 Å². The van der Waals surface area contributed by atoms with Gasteiger partial charge in [-0.3, -0.25) is 4.79 Å². The maximum Gasteiger partial charge on any atom is 0.260 e. The Morgan fingerprint density at radius 1 is 1.14 bits per heavy atom. The SMILES string of the molecule is Cc1ccc(OCC(=O)N(C)Cc2cccc(F)c2)cc1C. The maximum atomic E-state index is 13.1. The molecule has 2 aromatic rings. The molecule has 3 nitrogen and oxygen atoms in total. The Bertz CT molecular complexity index is 670. The van der Waals surface area contributed by atoms with Gasteiger partial charge in [0.2, 0.25) is 0 Å². The summed E-state index contributed by atoms with van der Waals surface area (Å²) in [6.07, 6.45) is 0. The van der Waals surface area contributed by atoms with Crippen LogP contribution in [0.1, 0.15) is 16.7 Å². The Labute approximate surface area is 130 Å². The van der Waals surface area contributed by atoms with E-state index in [1.165, 1.54) is 22.6 Å². The average molecular weight is 301 g/mol. The number of aryl methyl sites for hydroxylation is 2. The maximum absolute atomic E-state index is 13.1. The Morgan fingerprint density at radius 3 is 2.59 bits per heavy atom. The molecule has 0 heterocycles. The number of rotatable bonds is 5. The minimum atomic E-state index is -0.301. The zero-order chi connectivity index (χ0) is 16.1. The fourth-order valence-electron chi connectivity index (χ4n) is 2.06. The summed E-state index contributed by atoms with van der Waals surface area (Å²) in [5.74, 6) is 0.225. The van der Waals surface area contributed by atoms with Crippen molar-refractivity contribution in [3.8, 4) is 5.75 Å². The van der Waals surface area contributed by atoms with Gasteiger partial charge in [-0.05, 0) is 54.8 Å². The van der Waals surface area contributed by atoms with Crippen LogP contribution < -0.4 is 4.74 Å². The van der Waals surface area contributed by atoms with Crippen LogP contribution in [0.2, 0.25) is 0 Å². The Hall–Kier alpha value is -2.36. The quantitative estimate of drug-likeness (QED) is 0.846. The number of hydrogen-bond acceptors (Lipinski definition) is 2. The zero-order valence-electron chi connectivity index (χ0n) is 13.1. The first kappa shape index (κ1) is 16.0. The number of benzene rings is 2. The van der Waals surface area contributed by atoms with Crippen LogP contribution in [0.4, 0.5) is 4.39 Å². The molecule has 0 aliphatic rings. The highest BCUT2D eigenvalue weighted by Gasteiger charge is 2.11. The number of carbonyl (C=O) groups is 1. The van der Waals surface area contributed by atoms with Crippen LogP contribution in [0.25, 0.3) is 0 Å². The van der Waals surface area contributed by atoms with Crippen molar-refractivity contribution in [2.45, 2.75) is 20.4 Å². The Balaban J connectivity index is 1.89. The van der Waals surface area contributed by atoms with Crippen molar-refractivity contribution >= 4 is 5.91 Å². The highest BCUT2D eigenvalue weighted by atomic mass is 19.1. The van der Waals surface area contributed by atoms with E-state index >= 15 is 0 Å².